The van der Waals surface area contributed by atoms with Gasteiger partial charge in [0.1, 0.15) is 0 Å². The predicted molar refractivity (Wildman–Crippen MR) is 89.4 cm³/mol. The Hall–Kier alpha value is -2.14. The molecule has 1 fully saturated rings. The Morgan fingerprint density at radius 3 is 2.78 bits per heavy atom. The summed E-state index contributed by atoms with van der Waals surface area (Å²) < 4.78 is 7.32. The van der Waals surface area contributed by atoms with Crippen LogP contribution in [-0.2, 0) is 9.53 Å². The second-order valence-corrected chi connectivity index (χ2v) is 5.91. The van der Waals surface area contributed by atoms with Crippen molar-refractivity contribution >= 4 is 11.6 Å². The van der Waals surface area contributed by atoms with Gasteiger partial charge in [-0.2, -0.15) is 5.10 Å². The first kappa shape index (κ1) is 15.7. The molecule has 0 bridgehead atoms. The van der Waals surface area contributed by atoms with E-state index in [4.69, 9.17) is 4.74 Å². The second-order valence-electron chi connectivity index (χ2n) is 5.91. The third-order valence-corrected chi connectivity index (χ3v) is 4.36. The van der Waals surface area contributed by atoms with Crippen molar-refractivity contribution in [2.75, 3.05) is 18.5 Å². The van der Waals surface area contributed by atoms with Crippen molar-refractivity contribution in [2.24, 2.45) is 0 Å². The fourth-order valence-electron chi connectivity index (χ4n) is 3.04. The molecule has 1 aromatic heterocycles. The van der Waals surface area contributed by atoms with Crippen LogP contribution in [0.5, 0.6) is 0 Å². The highest BCUT2D eigenvalue weighted by Gasteiger charge is 2.20. The first-order valence-electron chi connectivity index (χ1n) is 8.25. The molecule has 1 aromatic carbocycles. The second kappa shape index (κ2) is 7.42. The standard InChI is InChI=1S/C18H23N3O2/c1-2-17(14-6-4-3-5-7-14)18(22)20-15-12-19-21(13-15)16-8-10-23-11-9-16/h3-7,12-13,16-17H,2,8-11H2,1H3,(H,20,22)/t17-/m1/s1. The van der Waals surface area contributed by atoms with Crippen LogP contribution in [0.25, 0.3) is 0 Å². The molecule has 0 aliphatic carbocycles. The minimum absolute atomic E-state index is 0.0187. The van der Waals surface area contributed by atoms with Gasteiger partial charge in [-0.25, -0.2) is 0 Å². The third-order valence-electron chi connectivity index (χ3n) is 4.36. The lowest BCUT2D eigenvalue weighted by atomic mass is 9.96. The minimum atomic E-state index is -0.136. The highest BCUT2D eigenvalue weighted by atomic mass is 16.5. The van der Waals surface area contributed by atoms with Gasteiger partial charge in [-0.05, 0) is 24.8 Å². The van der Waals surface area contributed by atoms with Crippen LogP contribution in [0.15, 0.2) is 42.7 Å². The van der Waals surface area contributed by atoms with Crippen LogP contribution in [0.3, 0.4) is 0 Å². The molecule has 2 aromatic rings. The van der Waals surface area contributed by atoms with Gasteiger partial charge in [0.2, 0.25) is 5.91 Å². The van der Waals surface area contributed by atoms with E-state index < -0.39 is 0 Å². The Bertz CT molecular complexity index is 633. The van der Waals surface area contributed by atoms with Gasteiger partial charge >= 0.3 is 0 Å². The van der Waals surface area contributed by atoms with Gasteiger partial charge in [0.15, 0.2) is 0 Å². The number of anilines is 1. The van der Waals surface area contributed by atoms with E-state index in [0.717, 1.165) is 43.7 Å². The van der Waals surface area contributed by atoms with E-state index in [1.807, 2.05) is 48.1 Å². The first-order valence-corrected chi connectivity index (χ1v) is 8.25. The number of amides is 1. The number of carbonyl (C=O) groups excluding carboxylic acids is 1. The number of hydrogen-bond acceptors (Lipinski definition) is 3. The smallest absolute Gasteiger partial charge is 0.231 e. The van der Waals surface area contributed by atoms with Crippen LogP contribution in [0.1, 0.15) is 43.7 Å². The fraction of sp³-hybridized carbons (Fsp3) is 0.444. The van der Waals surface area contributed by atoms with E-state index in [1.165, 1.54) is 0 Å². The monoisotopic (exact) mass is 313 g/mol. The molecule has 5 nitrogen and oxygen atoms in total. The molecule has 1 saturated heterocycles. The van der Waals surface area contributed by atoms with Gasteiger partial charge in [0.05, 0.1) is 23.8 Å². The van der Waals surface area contributed by atoms with Crippen LogP contribution in [0.4, 0.5) is 5.69 Å². The highest BCUT2D eigenvalue weighted by molar-refractivity contribution is 5.95. The number of aromatic nitrogens is 2. The van der Waals surface area contributed by atoms with E-state index >= 15 is 0 Å². The molecule has 23 heavy (non-hydrogen) atoms. The predicted octanol–water partition coefficient (Wildman–Crippen LogP) is 3.37. The molecule has 0 unspecified atom stereocenters. The van der Waals surface area contributed by atoms with E-state index in [0.29, 0.717) is 6.04 Å². The summed E-state index contributed by atoms with van der Waals surface area (Å²) in [6.45, 7) is 3.58. The van der Waals surface area contributed by atoms with Gasteiger partial charge < -0.3 is 10.1 Å². The molecule has 1 N–H and O–H groups in total. The molecular weight excluding hydrogens is 290 g/mol. The average Bonchev–Trinajstić information content (AvgIpc) is 3.06. The maximum absolute atomic E-state index is 12.6. The van der Waals surface area contributed by atoms with Gasteiger partial charge in [0.25, 0.3) is 0 Å². The lowest BCUT2D eigenvalue weighted by Crippen LogP contribution is -2.21. The zero-order valence-corrected chi connectivity index (χ0v) is 13.4. The van der Waals surface area contributed by atoms with Crippen LogP contribution < -0.4 is 5.32 Å². The molecule has 2 heterocycles. The Kier molecular flexibility index (Phi) is 5.08. The van der Waals surface area contributed by atoms with Gasteiger partial charge in [-0.1, -0.05) is 37.3 Å². The normalized spacial score (nSPS) is 16.9. The maximum atomic E-state index is 12.6. The zero-order valence-electron chi connectivity index (χ0n) is 13.4. The molecule has 1 atom stereocenters. The number of carbonyl (C=O) groups is 1. The van der Waals surface area contributed by atoms with Crippen molar-refractivity contribution in [1.82, 2.24) is 9.78 Å². The molecule has 3 rings (SSSR count). The molecule has 5 heteroatoms. The van der Waals surface area contributed by atoms with E-state index in [1.54, 1.807) is 6.20 Å². The van der Waals surface area contributed by atoms with Crippen LogP contribution in [0.2, 0.25) is 0 Å². The van der Waals surface area contributed by atoms with E-state index in [9.17, 15) is 4.79 Å². The summed E-state index contributed by atoms with van der Waals surface area (Å²) >= 11 is 0. The molecular formula is C18H23N3O2. The van der Waals surface area contributed by atoms with Gasteiger partial charge in [-0.3, -0.25) is 9.48 Å². The van der Waals surface area contributed by atoms with Crippen molar-refractivity contribution in [3.05, 3.63) is 48.3 Å². The summed E-state index contributed by atoms with van der Waals surface area (Å²) in [6.07, 6.45) is 6.36. The van der Waals surface area contributed by atoms with Crippen molar-refractivity contribution in [1.29, 1.82) is 0 Å². The van der Waals surface area contributed by atoms with E-state index in [2.05, 4.69) is 10.4 Å². The Balaban J connectivity index is 1.66. The number of rotatable bonds is 5. The summed E-state index contributed by atoms with van der Waals surface area (Å²) in [6, 6.07) is 10.3. The highest BCUT2D eigenvalue weighted by Crippen LogP contribution is 2.24. The molecule has 1 amide bonds. The Labute approximate surface area is 136 Å². The van der Waals surface area contributed by atoms with Gasteiger partial charge in [-0.15, -0.1) is 0 Å². The summed E-state index contributed by atoms with van der Waals surface area (Å²) in [5, 5.41) is 7.39. The molecule has 1 aliphatic rings. The summed E-state index contributed by atoms with van der Waals surface area (Å²) in [5.74, 6) is -0.118. The van der Waals surface area contributed by atoms with Gasteiger partial charge in [0, 0.05) is 19.4 Å². The molecule has 1 aliphatic heterocycles. The number of nitrogens with zero attached hydrogens (tertiary/aromatic N) is 2. The van der Waals surface area contributed by atoms with Crippen molar-refractivity contribution in [3.63, 3.8) is 0 Å². The SMILES string of the molecule is CC[C@@H](C(=O)Nc1cnn(C2CCOCC2)c1)c1ccccc1. The summed E-state index contributed by atoms with van der Waals surface area (Å²) in [4.78, 5) is 12.6. The van der Waals surface area contributed by atoms with Crippen LogP contribution in [0, 0.1) is 0 Å². The number of hydrogen-bond donors (Lipinski definition) is 1. The molecule has 0 radical (unpaired) electrons. The number of nitrogens with one attached hydrogen (secondary N) is 1. The number of ether oxygens (including phenoxy) is 1. The van der Waals surface area contributed by atoms with Crippen molar-refractivity contribution < 1.29 is 9.53 Å². The molecule has 122 valence electrons. The van der Waals surface area contributed by atoms with Crippen molar-refractivity contribution in [2.45, 2.75) is 38.1 Å². The zero-order chi connectivity index (χ0) is 16.1. The van der Waals surface area contributed by atoms with Crippen molar-refractivity contribution in [3.8, 4) is 0 Å². The largest absolute Gasteiger partial charge is 0.381 e. The lowest BCUT2D eigenvalue weighted by molar-refractivity contribution is -0.117. The Morgan fingerprint density at radius 2 is 2.09 bits per heavy atom. The minimum Gasteiger partial charge on any atom is -0.381 e. The lowest BCUT2D eigenvalue weighted by Gasteiger charge is -2.22. The molecule has 0 saturated carbocycles. The summed E-state index contributed by atoms with van der Waals surface area (Å²) in [7, 11) is 0. The average molecular weight is 313 g/mol. The first-order chi connectivity index (χ1) is 11.3. The summed E-state index contributed by atoms with van der Waals surface area (Å²) in [5.41, 5.74) is 1.81. The van der Waals surface area contributed by atoms with Crippen LogP contribution in [-0.4, -0.2) is 28.9 Å². The maximum Gasteiger partial charge on any atom is 0.231 e. The fourth-order valence-corrected chi connectivity index (χ4v) is 3.04. The molecule has 0 spiro atoms. The van der Waals surface area contributed by atoms with Crippen LogP contribution >= 0.6 is 0 Å². The topological polar surface area (TPSA) is 56.2 Å². The number of benzene rings is 1. The quantitative estimate of drug-likeness (QED) is 0.921. The van der Waals surface area contributed by atoms with E-state index in [-0.39, 0.29) is 11.8 Å². The third kappa shape index (κ3) is 3.79. The Morgan fingerprint density at radius 1 is 1.35 bits per heavy atom.